The molecule has 2 aliphatic heterocycles. The number of likely N-dealkylation sites (N-methyl/N-ethyl adjacent to an activating group) is 1. The first kappa shape index (κ1) is 16.1. The molecule has 2 fully saturated rings. The molecule has 2 saturated heterocycles. The van der Waals surface area contributed by atoms with Gasteiger partial charge in [0.25, 0.3) is 0 Å². The van der Waals surface area contributed by atoms with E-state index in [4.69, 9.17) is 0 Å². The molecular weight excluding hydrogens is 288 g/mol. The lowest BCUT2D eigenvalue weighted by molar-refractivity contribution is 0.115. The van der Waals surface area contributed by atoms with Crippen LogP contribution >= 0.6 is 0 Å². The maximum atomic E-state index is 12.6. The summed E-state index contributed by atoms with van der Waals surface area (Å²) in [5, 5.41) is 3.59. The van der Waals surface area contributed by atoms with Gasteiger partial charge in [0.2, 0.25) is 0 Å². The van der Waals surface area contributed by atoms with Gasteiger partial charge in [-0.1, -0.05) is 17.7 Å². The molecule has 1 N–H and O–H groups in total. The highest BCUT2D eigenvalue weighted by molar-refractivity contribution is 5.74. The summed E-state index contributed by atoms with van der Waals surface area (Å²) in [5.74, 6) is 0. The Hall–Kier alpha value is -1.75. The number of hydrogen-bond acceptors (Lipinski definition) is 3. The lowest BCUT2D eigenvalue weighted by atomic mass is 10.0. The molecular formula is C18H28N4O. The molecule has 0 atom stereocenters. The fourth-order valence-corrected chi connectivity index (χ4v) is 3.30. The van der Waals surface area contributed by atoms with Crippen molar-refractivity contribution in [3.63, 3.8) is 0 Å². The van der Waals surface area contributed by atoms with Gasteiger partial charge in [-0.3, -0.25) is 0 Å². The molecule has 1 aromatic carbocycles. The number of aryl methyl sites for hydroxylation is 1. The highest BCUT2D eigenvalue weighted by Gasteiger charge is 2.27. The second-order valence-corrected chi connectivity index (χ2v) is 6.84. The van der Waals surface area contributed by atoms with E-state index in [-0.39, 0.29) is 6.03 Å². The van der Waals surface area contributed by atoms with Gasteiger partial charge in [-0.25, -0.2) is 4.79 Å². The van der Waals surface area contributed by atoms with Gasteiger partial charge in [0.15, 0.2) is 0 Å². The van der Waals surface area contributed by atoms with E-state index in [1.54, 1.807) is 0 Å². The van der Waals surface area contributed by atoms with Crippen molar-refractivity contribution in [3.8, 4) is 0 Å². The summed E-state index contributed by atoms with van der Waals surface area (Å²) in [7, 11) is 2.12. The second kappa shape index (κ2) is 7.21. The molecule has 2 amide bonds. The number of carbonyl (C=O) groups excluding carboxylic acids is 1. The van der Waals surface area contributed by atoms with Crippen molar-refractivity contribution in [3.05, 3.63) is 29.8 Å². The summed E-state index contributed by atoms with van der Waals surface area (Å²) in [6.45, 7) is 7.50. The number of nitrogens with one attached hydrogen (secondary N) is 1. The van der Waals surface area contributed by atoms with E-state index in [1.165, 1.54) is 11.3 Å². The van der Waals surface area contributed by atoms with Gasteiger partial charge >= 0.3 is 6.03 Å². The van der Waals surface area contributed by atoms with E-state index in [1.807, 2.05) is 9.80 Å². The zero-order valence-electron chi connectivity index (χ0n) is 14.3. The Morgan fingerprint density at radius 1 is 0.957 bits per heavy atom. The van der Waals surface area contributed by atoms with Crippen LogP contribution in [0.2, 0.25) is 0 Å². The maximum Gasteiger partial charge on any atom is 0.320 e. The van der Waals surface area contributed by atoms with Crippen LogP contribution < -0.4 is 5.32 Å². The Morgan fingerprint density at radius 2 is 1.52 bits per heavy atom. The molecule has 5 nitrogen and oxygen atoms in total. The van der Waals surface area contributed by atoms with Gasteiger partial charge in [-0.15, -0.1) is 0 Å². The number of nitrogens with zero attached hydrogens (tertiary/aromatic N) is 3. The summed E-state index contributed by atoms with van der Waals surface area (Å²) in [6.07, 6.45) is 2.04. The zero-order chi connectivity index (χ0) is 16.2. The average Bonchev–Trinajstić information content (AvgIpc) is 2.58. The number of hydrogen-bond donors (Lipinski definition) is 1. The first-order valence-electron chi connectivity index (χ1n) is 8.67. The Bertz CT molecular complexity index is 514. The summed E-state index contributed by atoms with van der Waals surface area (Å²) >= 11 is 0. The topological polar surface area (TPSA) is 38.8 Å². The van der Waals surface area contributed by atoms with Gasteiger partial charge < -0.3 is 20.0 Å². The molecule has 2 aliphatic rings. The standard InChI is InChI=1S/C18H28N4O/c1-15-3-5-16(6-4-15)19-17-7-9-21(10-8-17)18(23)22-13-11-20(2)12-14-22/h3-6,17,19H,7-14H2,1-2H3. The number of likely N-dealkylation sites (tertiary alicyclic amines) is 1. The number of amides is 2. The fourth-order valence-electron chi connectivity index (χ4n) is 3.30. The normalized spacial score (nSPS) is 20.6. The molecule has 0 spiro atoms. The highest BCUT2D eigenvalue weighted by atomic mass is 16.2. The molecule has 126 valence electrons. The van der Waals surface area contributed by atoms with Gasteiger partial charge in [-0.05, 0) is 38.9 Å². The molecule has 3 rings (SSSR count). The van der Waals surface area contributed by atoms with E-state index in [2.05, 4.69) is 48.5 Å². The van der Waals surface area contributed by atoms with Gasteiger partial charge in [0.05, 0.1) is 0 Å². The van der Waals surface area contributed by atoms with Crippen LogP contribution in [0.5, 0.6) is 0 Å². The van der Waals surface area contributed by atoms with Crippen LogP contribution in [-0.2, 0) is 0 Å². The minimum absolute atomic E-state index is 0.229. The number of anilines is 1. The molecule has 0 aromatic heterocycles. The maximum absolute atomic E-state index is 12.6. The lowest BCUT2D eigenvalue weighted by Crippen LogP contribution is -2.54. The number of urea groups is 1. The number of piperazine rings is 1. The molecule has 0 unspecified atom stereocenters. The minimum Gasteiger partial charge on any atom is -0.382 e. The molecule has 2 heterocycles. The lowest BCUT2D eigenvalue weighted by Gasteiger charge is -2.39. The smallest absolute Gasteiger partial charge is 0.320 e. The molecule has 0 bridgehead atoms. The Kier molecular flexibility index (Phi) is 5.06. The van der Waals surface area contributed by atoms with E-state index in [9.17, 15) is 4.79 Å². The van der Waals surface area contributed by atoms with Crippen molar-refractivity contribution < 1.29 is 4.79 Å². The van der Waals surface area contributed by atoms with Crippen LogP contribution in [0.25, 0.3) is 0 Å². The highest BCUT2D eigenvalue weighted by Crippen LogP contribution is 2.18. The van der Waals surface area contributed by atoms with Crippen molar-refractivity contribution in [2.75, 3.05) is 51.6 Å². The van der Waals surface area contributed by atoms with Crippen LogP contribution in [0, 0.1) is 6.92 Å². The SMILES string of the molecule is Cc1ccc(NC2CCN(C(=O)N3CCN(C)CC3)CC2)cc1. The van der Waals surface area contributed by atoms with Gasteiger partial charge in [0, 0.05) is 51.0 Å². The second-order valence-electron chi connectivity index (χ2n) is 6.84. The van der Waals surface area contributed by atoms with Crippen molar-refractivity contribution in [2.45, 2.75) is 25.8 Å². The predicted molar refractivity (Wildman–Crippen MR) is 93.9 cm³/mol. The molecule has 0 aliphatic carbocycles. The molecule has 1 aromatic rings. The summed E-state index contributed by atoms with van der Waals surface area (Å²) < 4.78 is 0. The first-order chi connectivity index (χ1) is 11.1. The average molecular weight is 316 g/mol. The number of rotatable bonds is 2. The van der Waals surface area contributed by atoms with Crippen molar-refractivity contribution >= 4 is 11.7 Å². The first-order valence-corrected chi connectivity index (χ1v) is 8.67. The van der Waals surface area contributed by atoms with Crippen LogP contribution in [0.4, 0.5) is 10.5 Å². The molecule has 5 heteroatoms. The third-order valence-corrected chi connectivity index (χ3v) is 4.96. The third kappa shape index (κ3) is 4.16. The number of benzene rings is 1. The molecule has 23 heavy (non-hydrogen) atoms. The molecule has 0 saturated carbocycles. The predicted octanol–water partition coefficient (Wildman–Crippen LogP) is 2.24. The molecule has 0 radical (unpaired) electrons. The quantitative estimate of drug-likeness (QED) is 0.909. The monoisotopic (exact) mass is 316 g/mol. The summed E-state index contributed by atoms with van der Waals surface area (Å²) in [5.41, 5.74) is 2.46. The van der Waals surface area contributed by atoms with Crippen LogP contribution in [0.15, 0.2) is 24.3 Å². The van der Waals surface area contributed by atoms with E-state index >= 15 is 0 Å². The largest absolute Gasteiger partial charge is 0.382 e. The Labute approximate surface area is 139 Å². The Balaban J connectivity index is 1.46. The van der Waals surface area contributed by atoms with Crippen LogP contribution in [0.3, 0.4) is 0 Å². The van der Waals surface area contributed by atoms with Gasteiger partial charge in [0.1, 0.15) is 0 Å². The van der Waals surface area contributed by atoms with Crippen molar-refractivity contribution in [2.24, 2.45) is 0 Å². The third-order valence-electron chi connectivity index (χ3n) is 4.96. The van der Waals surface area contributed by atoms with E-state index < -0.39 is 0 Å². The van der Waals surface area contributed by atoms with Crippen LogP contribution in [-0.4, -0.2) is 73.1 Å². The Morgan fingerprint density at radius 3 is 2.13 bits per heavy atom. The number of carbonyl (C=O) groups is 1. The van der Waals surface area contributed by atoms with Crippen molar-refractivity contribution in [1.29, 1.82) is 0 Å². The number of piperidine rings is 1. The van der Waals surface area contributed by atoms with E-state index in [0.29, 0.717) is 6.04 Å². The zero-order valence-corrected chi connectivity index (χ0v) is 14.3. The van der Waals surface area contributed by atoms with Crippen LogP contribution in [0.1, 0.15) is 18.4 Å². The van der Waals surface area contributed by atoms with Crippen molar-refractivity contribution in [1.82, 2.24) is 14.7 Å². The van der Waals surface area contributed by atoms with Gasteiger partial charge in [-0.2, -0.15) is 0 Å². The van der Waals surface area contributed by atoms with E-state index in [0.717, 1.165) is 52.1 Å². The minimum atomic E-state index is 0.229. The fraction of sp³-hybridized carbons (Fsp3) is 0.611. The summed E-state index contributed by atoms with van der Waals surface area (Å²) in [6, 6.07) is 9.23. The summed E-state index contributed by atoms with van der Waals surface area (Å²) in [4.78, 5) is 18.9.